The average Bonchev–Trinajstić information content (AvgIpc) is 2.54. The van der Waals surface area contributed by atoms with E-state index in [0.29, 0.717) is 5.56 Å². The number of carbonyl (C=O) groups excluding carboxylic acids is 1. The van der Waals surface area contributed by atoms with Gasteiger partial charge in [-0.25, -0.2) is 9.78 Å². The number of amides is 1. The van der Waals surface area contributed by atoms with Crippen LogP contribution in [0.3, 0.4) is 0 Å². The second-order valence-corrected chi connectivity index (χ2v) is 4.88. The standard InChI is InChI=1S/C16H14F2N2O4/c1-9(10-3-2-4-12(7-10)24-16(17)18)20-14(21)11-5-6-13(15(22)23)19-8-11/h2-9,16H,1H3,(H,20,21)(H,22,23). The van der Waals surface area contributed by atoms with Crippen LogP contribution in [-0.4, -0.2) is 28.6 Å². The summed E-state index contributed by atoms with van der Waals surface area (Å²) >= 11 is 0. The van der Waals surface area contributed by atoms with Gasteiger partial charge < -0.3 is 15.2 Å². The number of alkyl halides is 2. The molecule has 2 N–H and O–H groups in total. The van der Waals surface area contributed by atoms with Gasteiger partial charge in [-0.2, -0.15) is 8.78 Å². The molecule has 0 aliphatic carbocycles. The van der Waals surface area contributed by atoms with Crippen LogP contribution in [0.2, 0.25) is 0 Å². The van der Waals surface area contributed by atoms with E-state index in [4.69, 9.17) is 5.11 Å². The lowest BCUT2D eigenvalue weighted by molar-refractivity contribution is -0.0499. The van der Waals surface area contributed by atoms with Crippen LogP contribution >= 0.6 is 0 Å². The highest BCUT2D eigenvalue weighted by atomic mass is 19.3. The first kappa shape index (κ1) is 17.3. The molecule has 0 bridgehead atoms. The van der Waals surface area contributed by atoms with Crippen molar-refractivity contribution in [3.8, 4) is 5.75 Å². The van der Waals surface area contributed by atoms with Crippen LogP contribution < -0.4 is 10.1 Å². The Balaban J connectivity index is 2.07. The summed E-state index contributed by atoms with van der Waals surface area (Å²) in [5.41, 5.74) is 0.597. The number of carbonyl (C=O) groups is 2. The van der Waals surface area contributed by atoms with Crippen LogP contribution in [0, 0.1) is 0 Å². The first-order valence-corrected chi connectivity index (χ1v) is 6.92. The van der Waals surface area contributed by atoms with Gasteiger partial charge in [0, 0.05) is 6.20 Å². The van der Waals surface area contributed by atoms with Gasteiger partial charge in [-0.05, 0) is 36.8 Å². The van der Waals surface area contributed by atoms with Gasteiger partial charge in [0.25, 0.3) is 5.91 Å². The third kappa shape index (κ3) is 4.48. The Morgan fingerprint density at radius 3 is 2.58 bits per heavy atom. The molecule has 1 aromatic carbocycles. The number of carboxylic acids is 1. The molecule has 24 heavy (non-hydrogen) atoms. The van der Waals surface area contributed by atoms with Crippen LogP contribution in [0.15, 0.2) is 42.6 Å². The van der Waals surface area contributed by atoms with Crippen LogP contribution in [0.1, 0.15) is 39.4 Å². The van der Waals surface area contributed by atoms with Gasteiger partial charge in [0.1, 0.15) is 11.4 Å². The second-order valence-electron chi connectivity index (χ2n) is 4.88. The summed E-state index contributed by atoms with van der Waals surface area (Å²) in [6, 6.07) is 8.08. The largest absolute Gasteiger partial charge is 0.477 e. The molecule has 1 heterocycles. The minimum absolute atomic E-state index is 0.00363. The summed E-state index contributed by atoms with van der Waals surface area (Å²) in [5, 5.41) is 11.4. The molecule has 1 aromatic heterocycles. The summed E-state index contributed by atoms with van der Waals surface area (Å²) in [6.45, 7) is -1.25. The highest BCUT2D eigenvalue weighted by Gasteiger charge is 2.14. The number of hydrogen-bond acceptors (Lipinski definition) is 4. The van der Waals surface area contributed by atoms with E-state index in [2.05, 4.69) is 15.0 Å². The van der Waals surface area contributed by atoms with E-state index in [0.717, 1.165) is 6.20 Å². The number of nitrogens with zero attached hydrogens (tertiary/aromatic N) is 1. The van der Waals surface area contributed by atoms with Crippen molar-refractivity contribution in [2.75, 3.05) is 0 Å². The van der Waals surface area contributed by atoms with Crippen molar-refractivity contribution in [2.45, 2.75) is 19.6 Å². The maximum absolute atomic E-state index is 12.2. The van der Waals surface area contributed by atoms with Crippen molar-refractivity contribution >= 4 is 11.9 Å². The molecule has 0 aliphatic heterocycles. The van der Waals surface area contributed by atoms with Crippen molar-refractivity contribution in [3.05, 3.63) is 59.4 Å². The Hall–Kier alpha value is -3.03. The van der Waals surface area contributed by atoms with Crippen molar-refractivity contribution in [1.29, 1.82) is 0 Å². The van der Waals surface area contributed by atoms with E-state index < -0.39 is 24.5 Å². The van der Waals surface area contributed by atoms with Crippen LogP contribution in [0.5, 0.6) is 5.75 Å². The first-order chi connectivity index (χ1) is 11.4. The van der Waals surface area contributed by atoms with Crippen molar-refractivity contribution < 1.29 is 28.2 Å². The predicted octanol–water partition coefficient (Wildman–Crippen LogP) is 2.87. The highest BCUT2D eigenvalue weighted by molar-refractivity contribution is 5.95. The van der Waals surface area contributed by atoms with Crippen molar-refractivity contribution in [2.24, 2.45) is 0 Å². The van der Waals surface area contributed by atoms with E-state index >= 15 is 0 Å². The number of aromatic carboxylic acids is 1. The SMILES string of the molecule is CC(NC(=O)c1ccc(C(=O)O)nc1)c1cccc(OC(F)F)c1. The molecule has 8 heteroatoms. The van der Waals surface area contributed by atoms with Gasteiger partial charge in [-0.3, -0.25) is 4.79 Å². The number of aromatic nitrogens is 1. The van der Waals surface area contributed by atoms with Crippen LogP contribution in [-0.2, 0) is 0 Å². The summed E-state index contributed by atoms with van der Waals surface area (Å²) in [6.07, 6.45) is 1.15. The normalized spacial score (nSPS) is 11.8. The fourth-order valence-electron chi connectivity index (χ4n) is 1.98. The fraction of sp³-hybridized carbons (Fsp3) is 0.188. The van der Waals surface area contributed by atoms with E-state index in [1.807, 2.05) is 0 Å². The monoisotopic (exact) mass is 336 g/mol. The molecule has 6 nitrogen and oxygen atoms in total. The zero-order chi connectivity index (χ0) is 17.7. The average molecular weight is 336 g/mol. The van der Waals surface area contributed by atoms with Crippen LogP contribution in [0.4, 0.5) is 8.78 Å². The van der Waals surface area contributed by atoms with Gasteiger partial charge in [0.05, 0.1) is 11.6 Å². The smallest absolute Gasteiger partial charge is 0.387 e. The molecule has 0 fully saturated rings. The molecule has 2 aromatic rings. The number of rotatable bonds is 6. The zero-order valence-electron chi connectivity index (χ0n) is 12.6. The van der Waals surface area contributed by atoms with Crippen molar-refractivity contribution in [1.82, 2.24) is 10.3 Å². The predicted molar refractivity (Wildman–Crippen MR) is 80.2 cm³/mol. The third-order valence-corrected chi connectivity index (χ3v) is 3.18. The molecule has 0 radical (unpaired) electrons. The van der Waals surface area contributed by atoms with E-state index in [1.54, 1.807) is 19.1 Å². The van der Waals surface area contributed by atoms with Gasteiger partial charge >= 0.3 is 12.6 Å². The van der Waals surface area contributed by atoms with E-state index in [9.17, 15) is 18.4 Å². The third-order valence-electron chi connectivity index (χ3n) is 3.18. The fourth-order valence-corrected chi connectivity index (χ4v) is 1.98. The Kier molecular flexibility index (Phi) is 5.41. The quantitative estimate of drug-likeness (QED) is 0.847. The topological polar surface area (TPSA) is 88.5 Å². The number of nitrogens with one attached hydrogen (secondary N) is 1. The number of hydrogen-bond donors (Lipinski definition) is 2. The molecule has 2 rings (SSSR count). The molecular formula is C16H14F2N2O4. The van der Waals surface area contributed by atoms with Gasteiger partial charge in [-0.1, -0.05) is 12.1 Å². The minimum Gasteiger partial charge on any atom is -0.477 e. The minimum atomic E-state index is -2.93. The van der Waals surface area contributed by atoms with Gasteiger partial charge in [0.15, 0.2) is 0 Å². The number of pyridine rings is 1. The molecule has 1 atom stereocenters. The van der Waals surface area contributed by atoms with Crippen LogP contribution in [0.25, 0.3) is 0 Å². The molecule has 126 valence electrons. The summed E-state index contributed by atoms with van der Waals surface area (Å²) in [5.74, 6) is -1.66. The van der Waals surface area contributed by atoms with Crippen molar-refractivity contribution in [3.63, 3.8) is 0 Å². The maximum atomic E-state index is 12.2. The lowest BCUT2D eigenvalue weighted by Gasteiger charge is -2.15. The zero-order valence-corrected chi connectivity index (χ0v) is 12.6. The highest BCUT2D eigenvalue weighted by Crippen LogP contribution is 2.21. The molecule has 1 unspecified atom stereocenters. The Morgan fingerprint density at radius 1 is 1.25 bits per heavy atom. The number of halogens is 2. The Labute approximate surface area is 136 Å². The molecule has 1 amide bonds. The lowest BCUT2D eigenvalue weighted by Crippen LogP contribution is -2.26. The Bertz CT molecular complexity index is 735. The summed E-state index contributed by atoms with van der Waals surface area (Å²) in [7, 11) is 0. The number of ether oxygens (including phenoxy) is 1. The molecule has 0 saturated heterocycles. The van der Waals surface area contributed by atoms with E-state index in [-0.39, 0.29) is 17.0 Å². The molecule has 0 aliphatic rings. The maximum Gasteiger partial charge on any atom is 0.387 e. The first-order valence-electron chi connectivity index (χ1n) is 6.92. The number of carboxylic acid groups (broad SMARTS) is 1. The lowest BCUT2D eigenvalue weighted by atomic mass is 10.1. The van der Waals surface area contributed by atoms with Gasteiger partial charge in [-0.15, -0.1) is 0 Å². The Morgan fingerprint density at radius 2 is 2.00 bits per heavy atom. The van der Waals surface area contributed by atoms with E-state index in [1.165, 1.54) is 24.3 Å². The summed E-state index contributed by atoms with van der Waals surface area (Å²) in [4.78, 5) is 26.5. The number of benzene rings is 1. The molecule has 0 spiro atoms. The molecular weight excluding hydrogens is 322 g/mol. The van der Waals surface area contributed by atoms with Gasteiger partial charge in [0.2, 0.25) is 0 Å². The second kappa shape index (κ2) is 7.49. The summed E-state index contributed by atoms with van der Waals surface area (Å²) < 4.78 is 28.8. The molecule has 0 saturated carbocycles.